The number of furan rings is 1. The normalized spacial score (nSPS) is 16.9. The maximum absolute atomic E-state index is 13.3. The smallest absolute Gasteiger partial charge is 0.295 e. The highest BCUT2D eigenvalue weighted by atomic mass is 32.1. The number of anilines is 1. The van der Waals surface area contributed by atoms with Crippen LogP contribution in [0.5, 0.6) is 0 Å². The van der Waals surface area contributed by atoms with E-state index >= 15 is 0 Å². The van der Waals surface area contributed by atoms with Crippen molar-refractivity contribution in [2.75, 3.05) is 4.90 Å². The lowest BCUT2D eigenvalue weighted by Crippen LogP contribution is -2.30. The van der Waals surface area contributed by atoms with Crippen molar-refractivity contribution in [3.63, 3.8) is 0 Å². The molecule has 7 nitrogen and oxygen atoms in total. The molecule has 0 fully saturated rings. The first-order valence-corrected chi connectivity index (χ1v) is 9.69. The number of thiophene rings is 1. The molecular formula is C21H14N2O5S. The van der Waals surface area contributed by atoms with Gasteiger partial charge in [0.1, 0.15) is 17.4 Å². The Bertz CT molecular complexity index is 1250. The van der Waals surface area contributed by atoms with Gasteiger partial charge in [-0.15, -0.1) is 11.3 Å². The van der Waals surface area contributed by atoms with Crippen LogP contribution in [0.25, 0.3) is 11.0 Å². The minimum Gasteiger partial charge on any atom is -0.503 e. The second-order valence-corrected chi connectivity index (χ2v) is 7.61. The van der Waals surface area contributed by atoms with E-state index < -0.39 is 23.5 Å². The molecule has 0 spiro atoms. The number of fused-ring (bicyclic) bond motifs is 1. The van der Waals surface area contributed by atoms with Crippen LogP contribution in [-0.4, -0.2) is 22.0 Å². The molecule has 1 atom stereocenters. The van der Waals surface area contributed by atoms with Gasteiger partial charge in [-0.25, -0.2) is 0 Å². The first kappa shape index (κ1) is 17.4. The van der Waals surface area contributed by atoms with Gasteiger partial charge in [0.2, 0.25) is 5.78 Å². The maximum atomic E-state index is 13.3. The molecule has 0 radical (unpaired) electrons. The van der Waals surface area contributed by atoms with E-state index in [2.05, 4.69) is 5.16 Å². The largest absolute Gasteiger partial charge is 0.503 e. The Morgan fingerprint density at radius 1 is 1.21 bits per heavy atom. The second-order valence-electron chi connectivity index (χ2n) is 6.63. The van der Waals surface area contributed by atoms with Crippen molar-refractivity contribution in [3.05, 3.63) is 81.6 Å². The standard InChI is InChI=1S/C21H14N2O5S/c1-11-9-16(22-28-11)23-18(15-7-4-8-29-15)17(20(25)21(23)26)19(24)14-10-12-5-2-3-6-13(12)27-14/h2-10,18,25H,1H3/t18-/m1/s1. The Morgan fingerprint density at radius 2 is 2.03 bits per heavy atom. The molecule has 1 N–H and O–H groups in total. The third kappa shape index (κ3) is 2.68. The number of nitrogens with zero attached hydrogens (tertiary/aromatic N) is 2. The average Bonchev–Trinajstić information content (AvgIpc) is 3.49. The van der Waals surface area contributed by atoms with Crippen LogP contribution in [0.1, 0.15) is 27.2 Å². The lowest BCUT2D eigenvalue weighted by Gasteiger charge is -2.22. The molecule has 29 heavy (non-hydrogen) atoms. The van der Waals surface area contributed by atoms with Gasteiger partial charge in [0.25, 0.3) is 5.91 Å². The summed E-state index contributed by atoms with van der Waals surface area (Å²) in [4.78, 5) is 28.2. The molecule has 8 heteroatoms. The highest BCUT2D eigenvalue weighted by Gasteiger charge is 2.46. The molecule has 4 heterocycles. The molecule has 3 aromatic heterocycles. The van der Waals surface area contributed by atoms with E-state index in [0.717, 1.165) is 5.39 Å². The van der Waals surface area contributed by atoms with Crippen molar-refractivity contribution < 1.29 is 23.6 Å². The number of benzene rings is 1. The summed E-state index contributed by atoms with van der Waals surface area (Å²) in [6.45, 7) is 1.70. The Hall–Kier alpha value is -3.65. The van der Waals surface area contributed by atoms with Crippen molar-refractivity contribution >= 4 is 39.8 Å². The van der Waals surface area contributed by atoms with Crippen LogP contribution >= 0.6 is 11.3 Å². The number of aliphatic hydroxyl groups excluding tert-OH is 1. The van der Waals surface area contributed by atoms with Crippen LogP contribution in [0.2, 0.25) is 0 Å². The molecule has 1 amide bonds. The quantitative estimate of drug-likeness (QED) is 0.499. The number of Topliss-reactive ketones (excluding diaryl/α,β-unsaturated/α-hetero) is 1. The van der Waals surface area contributed by atoms with Crippen LogP contribution in [0.3, 0.4) is 0 Å². The lowest BCUT2D eigenvalue weighted by molar-refractivity contribution is -0.117. The Kier molecular flexibility index (Phi) is 3.88. The van der Waals surface area contributed by atoms with Gasteiger partial charge in [0.15, 0.2) is 17.3 Å². The van der Waals surface area contributed by atoms with Crippen LogP contribution < -0.4 is 4.90 Å². The third-order valence-electron chi connectivity index (χ3n) is 4.78. The van der Waals surface area contributed by atoms with Gasteiger partial charge in [0, 0.05) is 16.3 Å². The van der Waals surface area contributed by atoms with E-state index in [1.807, 2.05) is 23.6 Å². The summed E-state index contributed by atoms with van der Waals surface area (Å²) < 4.78 is 10.8. The van der Waals surface area contributed by atoms with Crippen molar-refractivity contribution in [2.24, 2.45) is 0 Å². The molecule has 0 bridgehead atoms. The maximum Gasteiger partial charge on any atom is 0.295 e. The number of ketones is 1. The minimum atomic E-state index is -0.826. The predicted molar refractivity (Wildman–Crippen MR) is 106 cm³/mol. The van der Waals surface area contributed by atoms with Crippen molar-refractivity contribution in [1.29, 1.82) is 0 Å². The van der Waals surface area contributed by atoms with Crippen LogP contribution in [0.15, 0.2) is 74.2 Å². The molecule has 0 saturated heterocycles. The van der Waals surface area contributed by atoms with E-state index in [-0.39, 0.29) is 17.2 Å². The molecule has 1 aliphatic rings. The molecule has 144 valence electrons. The topological polar surface area (TPSA) is 96.8 Å². The Labute approximate surface area is 168 Å². The van der Waals surface area contributed by atoms with Gasteiger partial charge >= 0.3 is 0 Å². The SMILES string of the molecule is Cc1cc(N2C(=O)C(O)=C(C(=O)c3cc4ccccc4o3)[C@H]2c2cccs2)no1. The van der Waals surface area contributed by atoms with Gasteiger partial charge in [0.05, 0.1) is 5.57 Å². The average molecular weight is 406 g/mol. The number of amides is 1. The molecule has 5 rings (SSSR count). The van der Waals surface area contributed by atoms with Gasteiger partial charge in [-0.1, -0.05) is 29.4 Å². The summed E-state index contributed by atoms with van der Waals surface area (Å²) >= 11 is 1.37. The first-order valence-electron chi connectivity index (χ1n) is 8.81. The van der Waals surface area contributed by atoms with E-state index in [0.29, 0.717) is 16.2 Å². The zero-order valence-electron chi connectivity index (χ0n) is 15.2. The Balaban J connectivity index is 1.65. The molecule has 0 saturated carbocycles. The van der Waals surface area contributed by atoms with Crippen LogP contribution in [-0.2, 0) is 4.79 Å². The fourth-order valence-corrected chi connectivity index (χ4v) is 4.31. The molecule has 0 aliphatic carbocycles. The van der Waals surface area contributed by atoms with E-state index in [1.165, 1.54) is 16.2 Å². The summed E-state index contributed by atoms with van der Waals surface area (Å²) in [5.74, 6) is -1.08. The molecule has 1 aromatic carbocycles. The summed E-state index contributed by atoms with van der Waals surface area (Å²) in [5.41, 5.74) is 0.508. The molecule has 1 aliphatic heterocycles. The number of carbonyl (C=O) groups is 2. The van der Waals surface area contributed by atoms with Gasteiger partial charge in [-0.05, 0) is 30.5 Å². The molecular weight excluding hydrogens is 392 g/mol. The van der Waals surface area contributed by atoms with Crippen molar-refractivity contribution in [2.45, 2.75) is 13.0 Å². The van der Waals surface area contributed by atoms with Crippen LogP contribution in [0.4, 0.5) is 5.82 Å². The first-order chi connectivity index (χ1) is 14.0. The summed E-state index contributed by atoms with van der Waals surface area (Å²) in [7, 11) is 0. The number of aryl methyl sites for hydroxylation is 1. The minimum absolute atomic E-state index is 0.0443. The fourth-order valence-electron chi connectivity index (χ4n) is 3.48. The lowest BCUT2D eigenvalue weighted by atomic mass is 10.00. The number of hydrogen-bond acceptors (Lipinski definition) is 7. The van der Waals surface area contributed by atoms with Crippen molar-refractivity contribution in [3.8, 4) is 0 Å². The van der Waals surface area contributed by atoms with E-state index in [9.17, 15) is 14.7 Å². The predicted octanol–water partition coefficient (Wildman–Crippen LogP) is 4.57. The van der Waals surface area contributed by atoms with Gasteiger partial charge < -0.3 is 14.0 Å². The highest BCUT2D eigenvalue weighted by molar-refractivity contribution is 7.10. The number of aromatic nitrogens is 1. The third-order valence-corrected chi connectivity index (χ3v) is 5.70. The zero-order valence-corrected chi connectivity index (χ0v) is 16.0. The summed E-state index contributed by atoms with van der Waals surface area (Å²) in [6.07, 6.45) is 0. The molecule has 0 unspecified atom stereocenters. The number of hydrogen-bond donors (Lipinski definition) is 1. The summed E-state index contributed by atoms with van der Waals surface area (Å²) in [6, 6.07) is 13.2. The van der Waals surface area contributed by atoms with E-state index in [4.69, 9.17) is 8.94 Å². The highest BCUT2D eigenvalue weighted by Crippen LogP contribution is 2.43. The number of rotatable bonds is 4. The fraction of sp³-hybridized carbons (Fsp3) is 0.0952. The van der Waals surface area contributed by atoms with Gasteiger partial charge in [-0.2, -0.15) is 0 Å². The van der Waals surface area contributed by atoms with Gasteiger partial charge in [-0.3, -0.25) is 14.5 Å². The molecule has 4 aromatic rings. The number of para-hydroxylation sites is 1. The monoisotopic (exact) mass is 406 g/mol. The van der Waals surface area contributed by atoms with Crippen molar-refractivity contribution in [1.82, 2.24) is 5.16 Å². The second kappa shape index (κ2) is 6.46. The zero-order chi connectivity index (χ0) is 20.1. The number of aliphatic hydroxyl groups is 1. The van der Waals surface area contributed by atoms with Crippen LogP contribution in [0, 0.1) is 6.92 Å². The Morgan fingerprint density at radius 3 is 2.72 bits per heavy atom. The number of carbonyl (C=O) groups excluding carboxylic acids is 2. The van der Waals surface area contributed by atoms with E-state index in [1.54, 1.807) is 37.3 Å². The summed E-state index contributed by atoms with van der Waals surface area (Å²) in [5, 5.41) is 17.1.